The molecular weight excluding hydrogens is 446 g/mol. The Morgan fingerprint density at radius 1 is 1.09 bits per heavy atom. The zero-order valence-electron chi connectivity index (χ0n) is 18.9. The van der Waals surface area contributed by atoms with Crippen molar-refractivity contribution in [1.82, 2.24) is 33.7 Å². The zero-order chi connectivity index (χ0) is 23.9. The summed E-state index contributed by atoms with van der Waals surface area (Å²) in [6, 6.07) is 12.7. The number of fused-ring (bicyclic) bond motifs is 2. The molecule has 5 aromatic rings. The van der Waals surface area contributed by atoms with E-state index in [0.717, 1.165) is 35.2 Å². The lowest BCUT2D eigenvalue weighted by Crippen LogP contribution is -2.38. The molecule has 11 heteroatoms. The molecule has 0 saturated heterocycles. The fourth-order valence-electron chi connectivity index (χ4n) is 4.37. The third kappa shape index (κ3) is 3.76. The molecule has 0 amide bonds. The van der Waals surface area contributed by atoms with Crippen LogP contribution in [0.15, 0.2) is 75.6 Å². The van der Waals surface area contributed by atoms with Gasteiger partial charge >= 0.3 is 5.69 Å². The molecule has 174 valence electrons. The Balaban J connectivity index is 1.22. The molecule has 11 nitrogen and oxygen atoms in total. The van der Waals surface area contributed by atoms with E-state index in [1.165, 1.54) is 10.8 Å². The topological polar surface area (TPSA) is 124 Å². The number of pyridine rings is 3. The van der Waals surface area contributed by atoms with Gasteiger partial charge in [0.25, 0.3) is 5.56 Å². The molecule has 1 saturated carbocycles. The van der Waals surface area contributed by atoms with Crippen molar-refractivity contribution in [3.05, 3.63) is 81.9 Å². The van der Waals surface area contributed by atoms with E-state index in [9.17, 15) is 9.59 Å². The Bertz CT molecular complexity index is 1680. The summed E-state index contributed by atoms with van der Waals surface area (Å²) in [4.78, 5) is 43.5. The third-order valence-corrected chi connectivity index (χ3v) is 6.12. The number of hydrogen-bond donors (Lipinski definition) is 1. The van der Waals surface area contributed by atoms with E-state index in [1.807, 2.05) is 24.4 Å². The summed E-state index contributed by atoms with van der Waals surface area (Å²) in [6.45, 7) is 0. The number of rotatable bonds is 4. The van der Waals surface area contributed by atoms with Gasteiger partial charge in [0.15, 0.2) is 11.5 Å². The predicted octanol–water partition coefficient (Wildman–Crippen LogP) is 2.26. The standard InChI is InChI=1S/C24H21N9O2/c1-31-21-18(5-4-11-25-21)22(34)33(24(31)35)17-9-10-19(26-14-17)27-15-7-8-16(13-15)28-23-29-20-6-2-3-12-32(20)30-23/h2-6,9-12,14,16H,7-8,13H2,1H3,(H,28,30)/t16-/m0/s1. The van der Waals surface area contributed by atoms with Crippen LogP contribution < -0.4 is 16.6 Å². The molecule has 0 bridgehead atoms. The second-order valence-electron chi connectivity index (χ2n) is 8.43. The molecular formula is C24H21N9O2. The number of nitrogens with one attached hydrogen (secondary N) is 1. The van der Waals surface area contributed by atoms with Crippen LogP contribution in [0.4, 0.5) is 11.8 Å². The van der Waals surface area contributed by atoms with Gasteiger partial charge in [0, 0.05) is 37.6 Å². The van der Waals surface area contributed by atoms with Gasteiger partial charge < -0.3 is 5.32 Å². The van der Waals surface area contributed by atoms with Crippen LogP contribution in [-0.4, -0.2) is 45.5 Å². The van der Waals surface area contributed by atoms with E-state index < -0.39 is 11.2 Å². The van der Waals surface area contributed by atoms with Gasteiger partial charge in [-0.3, -0.25) is 9.36 Å². The summed E-state index contributed by atoms with van der Waals surface area (Å²) in [5.41, 5.74) is 1.64. The Kier molecular flexibility index (Phi) is 4.94. The van der Waals surface area contributed by atoms with E-state index in [1.54, 1.807) is 42.0 Å². The average molecular weight is 467 g/mol. The Morgan fingerprint density at radius 2 is 2.00 bits per heavy atom. The van der Waals surface area contributed by atoms with E-state index in [4.69, 9.17) is 0 Å². The summed E-state index contributed by atoms with van der Waals surface area (Å²) < 4.78 is 4.20. The molecule has 0 spiro atoms. The van der Waals surface area contributed by atoms with Gasteiger partial charge in [-0.05, 0) is 49.2 Å². The lowest BCUT2D eigenvalue weighted by atomic mass is 10.2. The van der Waals surface area contributed by atoms with Crippen molar-refractivity contribution in [1.29, 1.82) is 0 Å². The minimum Gasteiger partial charge on any atom is -0.350 e. The van der Waals surface area contributed by atoms with Crippen molar-refractivity contribution in [2.75, 3.05) is 5.32 Å². The van der Waals surface area contributed by atoms with Crippen molar-refractivity contribution in [2.24, 2.45) is 12.0 Å². The molecule has 0 aliphatic heterocycles. The van der Waals surface area contributed by atoms with Crippen molar-refractivity contribution < 1.29 is 0 Å². The predicted molar refractivity (Wildman–Crippen MR) is 132 cm³/mol. The number of aryl methyl sites for hydroxylation is 1. The van der Waals surface area contributed by atoms with Crippen LogP contribution in [0, 0.1) is 0 Å². The molecule has 1 aliphatic rings. The fraction of sp³-hybridized carbons (Fsp3) is 0.208. The maximum atomic E-state index is 12.9. The first-order valence-electron chi connectivity index (χ1n) is 11.2. The third-order valence-electron chi connectivity index (χ3n) is 6.12. The quantitative estimate of drug-likeness (QED) is 0.430. The molecule has 1 N–H and O–H groups in total. The molecule has 0 unspecified atom stereocenters. The number of anilines is 1. The first-order valence-corrected chi connectivity index (χ1v) is 11.2. The number of aromatic nitrogens is 7. The highest BCUT2D eigenvalue weighted by Gasteiger charge is 2.22. The summed E-state index contributed by atoms with van der Waals surface area (Å²) in [5.74, 6) is 1.13. The van der Waals surface area contributed by atoms with E-state index in [2.05, 4.69) is 30.4 Å². The first-order chi connectivity index (χ1) is 17.1. The summed E-state index contributed by atoms with van der Waals surface area (Å²) in [6.07, 6.45) is 7.43. The molecule has 0 radical (unpaired) electrons. The molecule has 6 rings (SSSR count). The van der Waals surface area contributed by atoms with Gasteiger partial charge in [0.1, 0.15) is 5.65 Å². The van der Waals surface area contributed by atoms with E-state index in [0.29, 0.717) is 28.5 Å². The first kappa shape index (κ1) is 20.9. The largest absolute Gasteiger partial charge is 0.350 e. The van der Waals surface area contributed by atoms with Crippen molar-refractivity contribution >= 4 is 34.2 Å². The minimum atomic E-state index is -0.479. The normalized spacial score (nSPS) is 16.9. The van der Waals surface area contributed by atoms with Crippen molar-refractivity contribution in [3.8, 4) is 5.69 Å². The highest BCUT2D eigenvalue weighted by molar-refractivity contribution is 5.89. The SMILES string of the molecule is Cn1c(=O)n(-c2ccc(N=C3CC[C@H](Nc4nc5ccccn5n4)C3)nc2)c(=O)c2cccnc21. The highest BCUT2D eigenvalue weighted by atomic mass is 16.2. The van der Waals surface area contributed by atoms with Gasteiger partial charge in [0.05, 0.1) is 17.3 Å². The highest BCUT2D eigenvalue weighted by Crippen LogP contribution is 2.23. The van der Waals surface area contributed by atoms with Crippen LogP contribution in [0.25, 0.3) is 22.4 Å². The smallest absolute Gasteiger partial charge is 0.337 e. The van der Waals surface area contributed by atoms with Gasteiger partial charge in [-0.1, -0.05) is 6.07 Å². The maximum Gasteiger partial charge on any atom is 0.337 e. The van der Waals surface area contributed by atoms with Crippen LogP contribution in [-0.2, 0) is 7.05 Å². The molecule has 5 heterocycles. The molecule has 1 aliphatic carbocycles. The molecule has 1 atom stereocenters. The number of hydrogen-bond acceptors (Lipinski definition) is 8. The fourth-order valence-corrected chi connectivity index (χ4v) is 4.37. The number of nitrogens with zero attached hydrogens (tertiary/aromatic N) is 8. The zero-order valence-corrected chi connectivity index (χ0v) is 18.9. The Hall–Kier alpha value is -4.67. The monoisotopic (exact) mass is 467 g/mol. The number of aliphatic imine (C=N–C) groups is 1. The van der Waals surface area contributed by atoms with Crippen LogP contribution in [0.5, 0.6) is 0 Å². The molecule has 35 heavy (non-hydrogen) atoms. The second-order valence-corrected chi connectivity index (χ2v) is 8.43. The average Bonchev–Trinajstić information content (AvgIpc) is 3.50. The van der Waals surface area contributed by atoms with Crippen LogP contribution in [0.2, 0.25) is 0 Å². The van der Waals surface area contributed by atoms with Crippen molar-refractivity contribution in [3.63, 3.8) is 0 Å². The van der Waals surface area contributed by atoms with E-state index in [-0.39, 0.29) is 6.04 Å². The summed E-state index contributed by atoms with van der Waals surface area (Å²) >= 11 is 0. The van der Waals surface area contributed by atoms with Gasteiger partial charge in [-0.15, -0.1) is 5.10 Å². The molecule has 0 aromatic carbocycles. The minimum absolute atomic E-state index is 0.193. The van der Waals surface area contributed by atoms with Crippen molar-refractivity contribution in [2.45, 2.75) is 25.3 Å². The van der Waals surface area contributed by atoms with Gasteiger partial charge in [0.2, 0.25) is 5.95 Å². The molecule has 1 fully saturated rings. The maximum absolute atomic E-state index is 12.9. The lowest BCUT2D eigenvalue weighted by molar-refractivity contribution is 0.750. The van der Waals surface area contributed by atoms with Crippen LogP contribution in [0.3, 0.4) is 0 Å². The summed E-state index contributed by atoms with van der Waals surface area (Å²) in [7, 11) is 1.59. The second kappa shape index (κ2) is 8.28. The van der Waals surface area contributed by atoms with Gasteiger partial charge in [-0.25, -0.2) is 28.8 Å². The van der Waals surface area contributed by atoms with E-state index >= 15 is 0 Å². The Morgan fingerprint density at radius 3 is 2.83 bits per heavy atom. The molecule has 5 aromatic heterocycles. The lowest BCUT2D eigenvalue weighted by Gasteiger charge is -2.10. The Labute approximate surface area is 198 Å². The van der Waals surface area contributed by atoms with Crippen LogP contribution in [0.1, 0.15) is 19.3 Å². The van der Waals surface area contributed by atoms with Crippen LogP contribution >= 0.6 is 0 Å². The van der Waals surface area contributed by atoms with Gasteiger partial charge in [-0.2, -0.15) is 4.98 Å². The summed E-state index contributed by atoms with van der Waals surface area (Å²) in [5, 5.41) is 8.20.